The fourth-order valence-electron chi connectivity index (χ4n) is 1.45. The van der Waals surface area contributed by atoms with E-state index in [1.54, 1.807) is 0 Å². The third-order valence-electron chi connectivity index (χ3n) is 2.78. The van der Waals surface area contributed by atoms with Gasteiger partial charge in [0, 0.05) is 5.25 Å². The summed E-state index contributed by atoms with van der Waals surface area (Å²) < 4.78 is 15.1. The normalized spacial score (nSPS) is 24.9. The van der Waals surface area contributed by atoms with Crippen LogP contribution in [0.15, 0.2) is 43.0 Å². The zero-order chi connectivity index (χ0) is 13.5. The quantitative estimate of drug-likeness (QED) is 0.494. The van der Waals surface area contributed by atoms with Gasteiger partial charge in [-0.2, -0.15) is 12.6 Å². The minimum absolute atomic E-state index is 0.168. The molecule has 0 radical (unpaired) electrons. The van der Waals surface area contributed by atoms with Crippen molar-refractivity contribution in [2.24, 2.45) is 0 Å². The molecule has 3 unspecified atom stereocenters. The van der Waals surface area contributed by atoms with Crippen LogP contribution < -0.4 is 0 Å². The largest absolute Gasteiger partial charge is 0.376 e. The van der Waals surface area contributed by atoms with Crippen LogP contribution in [0.25, 0.3) is 0 Å². The predicted octanol–water partition coefficient (Wildman–Crippen LogP) is 2.64. The maximum Gasteiger partial charge on any atom is 0.104 e. The van der Waals surface area contributed by atoms with Crippen molar-refractivity contribution in [2.75, 3.05) is 26.4 Å². The van der Waals surface area contributed by atoms with Gasteiger partial charge in [0.25, 0.3) is 0 Å². The lowest BCUT2D eigenvalue weighted by Crippen LogP contribution is -2.06. The van der Waals surface area contributed by atoms with E-state index in [-0.39, 0.29) is 5.25 Å². The molecule has 2 aliphatic heterocycles. The van der Waals surface area contributed by atoms with Crippen LogP contribution in [0.1, 0.15) is 10.8 Å². The lowest BCUT2D eigenvalue weighted by Gasteiger charge is -2.02. The van der Waals surface area contributed by atoms with Crippen LogP contribution in [0.3, 0.4) is 0 Å². The minimum atomic E-state index is 0.168. The van der Waals surface area contributed by atoms with E-state index in [9.17, 15) is 0 Å². The maximum absolute atomic E-state index is 5.23. The first kappa shape index (κ1) is 14.6. The van der Waals surface area contributed by atoms with Crippen LogP contribution in [0, 0.1) is 0 Å². The highest BCUT2D eigenvalue weighted by Gasteiger charge is 2.26. The average molecular weight is 280 g/mol. The highest BCUT2D eigenvalue weighted by atomic mass is 32.1. The number of hydrogen-bond donors (Lipinski definition) is 1. The Morgan fingerprint density at radius 3 is 2.16 bits per heavy atom. The molecule has 1 aromatic rings. The molecule has 0 aliphatic carbocycles. The molecular formula is C15H20O3S. The van der Waals surface area contributed by atoms with Crippen molar-refractivity contribution < 1.29 is 14.2 Å². The highest BCUT2D eigenvalue weighted by molar-refractivity contribution is 7.80. The maximum atomic E-state index is 5.23. The summed E-state index contributed by atoms with van der Waals surface area (Å²) in [7, 11) is 0. The van der Waals surface area contributed by atoms with E-state index < -0.39 is 0 Å². The van der Waals surface area contributed by atoms with Gasteiger partial charge in [-0.1, -0.05) is 36.4 Å². The molecule has 3 rings (SSSR count). The molecule has 2 heterocycles. The van der Waals surface area contributed by atoms with Crippen molar-refractivity contribution in [1.29, 1.82) is 0 Å². The molecule has 2 fully saturated rings. The molecule has 3 nitrogen and oxygen atoms in total. The van der Waals surface area contributed by atoms with Gasteiger partial charge >= 0.3 is 0 Å². The summed E-state index contributed by atoms with van der Waals surface area (Å²) in [5, 5.41) is 0.168. The molecule has 0 spiro atoms. The average Bonchev–Trinajstić information content (AvgIpc) is 3.34. The van der Waals surface area contributed by atoms with E-state index in [2.05, 4.69) is 19.2 Å². The summed E-state index contributed by atoms with van der Waals surface area (Å²) in [6.07, 6.45) is 2.60. The Labute approximate surface area is 120 Å². The Morgan fingerprint density at radius 2 is 1.74 bits per heavy atom. The molecule has 3 atom stereocenters. The molecule has 0 aromatic heterocycles. The van der Waals surface area contributed by atoms with Crippen LogP contribution in [-0.2, 0) is 14.2 Å². The van der Waals surface area contributed by atoms with Gasteiger partial charge in [0.05, 0.1) is 26.4 Å². The third-order valence-corrected chi connectivity index (χ3v) is 3.29. The summed E-state index contributed by atoms with van der Waals surface area (Å²) in [6.45, 7) is 6.92. The molecular weight excluding hydrogens is 260 g/mol. The highest BCUT2D eigenvalue weighted by Crippen LogP contribution is 2.19. The number of hydrogen-bond acceptors (Lipinski definition) is 4. The summed E-state index contributed by atoms with van der Waals surface area (Å²) in [5.41, 5.74) is 1.20. The number of benzene rings is 1. The zero-order valence-electron chi connectivity index (χ0n) is 10.9. The van der Waals surface area contributed by atoms with Gasteiger partial charge in [0.1, 0.15) is 12.2 Å². The standard InChI is InChI=1S/C9H10S.C6H10O3/c1-2-9(10)8-6-4-3-5-7-8;1(5-3-8-5)7-2-6-4-9-6/h2-7,9-10H,1H2;5-6H,1-4H2. The van der Waals surface area contributed by atoms with Gasteiger partial charge in [-0.15, -0.1) is 6.58 Å². The number of thiol groups is 1. The van der Waals surface area contributed by atoms with Crippen molar-refractivity contribution >= 4 is 12.6 Å². The van der Waals surface area contributed by atoms with Crippen LogP contribution in [-0.4, -0.2) is 38.6 Å². The first-order valence-electron chi connectivity index (χ1n) is 6.46. The lowest BCUT2D eigenvalue weighted by molar-refractivity contribution is 0.102. The summed E-state index contributed by atoms with van der Waals surface area (Å²) >= 11 is 4.30. The van der Waals surface area contributed by atoms with Crippen molar-refractivity contribution in [2.45, 2.75) is 17.5 Å². The topological polar surface area (TPSA) is 34.3 Å². The molecule has 0 N–H and O–H groups in total. The van der Waals surface area contributed by atoms with Crippen LogP contribution in [0.4, 0.5) is 0 Å². The molecule has 104 valence electrons. The van der Waals surface area contributed by atoms with E-state index in [1.165, 1.54) is 5.56 Å². The SMILES string of the molecule is C(OCC1CO1)C1CO1.C=CC(S)c1ccccc1. The van der Waals surface area contributed by atoms with E-state index in [1.807, 2.05) is 36.4 Å². The van der Waals surface area contributed by atoms with Gasteiger partial charge in [0.15, 0.2) is 0 Å². The third kappa shape index (κ3) is 6.25. The van der Waals surface area contributed by atoms with Crippen LogP contribution >= 0.6 is 12.6 Å². The van der Waals surface area contributed by atoms with Gasteiger partial charge in [-0.05, 0) is 5.56 Å². The molecule has 19 heavy (non-hydrogen) atoms. The van der Waals surface area contributed by atoms with Crippen LogP contribution in [0.2, 0.25) is 0 Å². The molecule has 2 saturated heterocycles. The molecule has 1 aromatic carbocycles. The Kier molecular flexibility index (Phi) is 5.92. The van der Waals surface area contributed by atoms with E-state index in [0.717, 1.165) is 26.4 Å². The fraction of sp³-hybridized carbons (Fsp3) is 0.467. The van der Waals surface area contributed by atoms with Gasteiger partial charge in [0.2, 0.25) is 0 Å². The van der Waals surface area contributed by atoms with E-state index in [0.29, 0.717) is 12.2 Å². The Morgan fingerprint density at radius 1 is 1.21 bits per heavy atom. The molecule has 4 heteroatoms. The second-order valence-electron chi connectivity index (χ2n) is 4.54. The van der Waals surface area contributed by atoms with Crippen molar-refractivity contribution in [3.63, 3.8) is 0 Å². The second-order valence-corrected chi connectivity index (χ2v) is 5.10. The first-order valence-corrected chi connectivity index (χ1v) is 6.97. The van der Waals surface area contributed by atoms with E-state index >= 15 is 0 Å². The minimum Gasteiger partial charge on any atom is -0.376 e. The first-order chi connectivity index (χ1) is 9.29. The smallest absolute Gasteiger partial charge is 0.104 e. The predicted molar refractivity (Wildman–Crippen MR) is 78.7 cm³/mol. The Bertz CT molecular complexity index is 362. The fourth-order valence-corrected chi connectivity index (χ4v) is 1.62. The van der Waals surface area contributed by atoms with Gasteiger partial charge in [-0.3, -0.25) is 0 Å². The zero-order valence-corrected chi connectivity index (χ0v) is 11.8. The molecule has 2 aliphatic rings. The molecule has 0 bridgehead atoms. The summed E-state index contributed by atoms with van der Waals surface area (Å²) in [6, 6.07) is 10.1. The Hall–Kier alpha value is -0.810. The summed E-state index contributed by atoms with van der Waals surface area (Å²) in [4.78, 5) is 0. The van der Waals surface area contributed by atoms with Crippen LogP contribution in [0.5, 0.6) is 0 Å². The van der Waals surface area contributed by atoms with Gasteiger partial charge < -0.3 is 14.2 Å². The van der Waals surface area contributed by atoms with E-state index in [4.69, 9.17) is 14.2 Å². The second kappa shape index (κ2) is 7.70. The summed E-state index contributed by atoms with van der Waals surface area (Å²) in [5.74, 6) is 0. The van der Waals surface area contributed by atoms with Crippen molar-refractivity contribution in [3.05, 3.63) is 48.6 Å². The molecule has 0 amide bonds. The number of epoxide rings is 2. The lowest BCUT2D eigenvalue weighted by atomic mass is 10.1. The molecule has 0 saturated carbocycles. The number of rotatable bonds is 6. The van der Waals surface area contributed by atoms with Gasteiger partial charge in [-0.25, -0.2) is 0 Å². The van der Waals surface area contributed by atoms with Crippen molar-refractivity contribution in [3.8, 4) is 0 Å². The van der Waals surface area contributed by atoms with Crippen molar-refractivity contribution in [1.82, 2.24) is 0 Å². The number of ether oxygens (including phenoxy) is 3. The Balaban J connectivity index is 0.000000141. The monoisotopic (exact) mass is 280 g/mol.